The van der Waals surface area contributed by atoms with Gasteiger partial charge in [-0.25, -0.2) is 0 Å². The average Bonchev–Trinajstić information content (AvgIpc) is 2.74. The highest BCUT2D eigenvalue weighted by Gasteiger charge is 2.29. The first-order chi connectivity index (χ1) is 14.2. The SMILES string of the molecule is COCOc1cc(C2CC(=O)c3ccccc3O2)cc(OCOC)c1OCOC. The first-order valence-electron chi connectivity index (χ1n) is 9.00. The second-order valence-corrected chi connectivity index (χ2v) is 6.23. The molecule has 2 aromatic carbocycles. The zero-order chi connectivity index (χ0) is 20.6. The van der Waals surface area contributed by atoms with Crippen molar-refractivity contribution in [1.82, 2.24) is 0 Å². The van der Waals surface area contributed by atoms with Gasteiger partial charge in [-0.15, -0.1) is 0 Å². The maximum Gasteiger partial charge on any atom is 0.206 e. The van der Waals surface area contributed by atoms with Crippen molar-refractivity contribution < 1.29 is 38.0 Å². The maximum absolute atomic E-state index is 12.6. The van der Waals surface area contributed by atoms with Gasteiger partial charge in [-0.1, -0.05) is 12.1 Å². The number of hydrogen-bond acceptors (Lipinski definition) is 8. The van der Waals surface area contributed by atoms with Crippen LogP contribution in [-0.2, 0) is 14.2 Å². The average molecular weight is 404 g/mol. The molecular formula is C21H24O8. The zero-order valence-corrected chi connectivity index (χ0v) is 16.6. The Labute approximate surface area is 169 Å². The molecule has 8 nitrogen and oxygen atoms in total. The van der Waals surface area contributed by atoms with Crippen LogP contribution in [-0.4, -0.2) is 47.5 Å². The molecule has 0 spiro atoms. The molecule has 1 atom stereocenters. The molecular weight excluding hydrogens is 380 g/mol. The molecule has 2 aromatic rings. The number of hydrogen-bond donors (Lipinski definition) is 0. The highest BCUT2D eigenvalue weighted by atomic mass is 16.7. The van der Waals surface area contributed by atoms with E-state index in [9.17, 15) is 4.79 Å². The van der Waals surface area contributed by atoms with Crippen molar-refractivity contribution in [3.63, 3.8) is 0 Å². The monoisotopic (exact) mass is 404 g/mol. The molecule has 1 aliphatic heterocycles. The van der Waals surface area contributed by atoms with Gasteiger partial charge in [0.05, 0.1) is 12.0 Å². The molecule has 0 amide bonds. The van der Waals surface area contributed by atoms with Gasteiger partial charge >= 0.3 is 0 Å². The fourth-order valence-electron chi connectivity index (χ4n) is 2.96. The third-order valence-electron chi connectivity index (χ3n) is 4.23. The summed E-state index contributed by atoms with van der Waals surface area (Å²) in [6.45, 7) is 0.00538. The fourth-order valence-corrected chi connectivity index (χ4v) is 2.96. The lowest BCUT2D eigenvalue weighted by atomic mass is 9.96. The van der Waals surface area contributed by atoms with Gasteiger partial charge in [0.15, 0.2) is 37.7 Å². The minimum Gasteiger partial charge on any atom is -0.484 e. The lowest BCUT2D eigenvalue weighted by Crippen LogP contribution is -2.20. The highest BCUT2D eigenvalue weighted by Crippen LogP contribution is 2.43. The predicted molar refractivity (Wildman–Crippen MR) is 103 cm³/mol. The topological polar surface area (TPSA) is 81.7 Å². The molecule has 0 saturated carbocycles. The van der Waals surface area contributed by atoms with E-state index in [0.717, 1.165) is 0 Å². The smallest absolute Gasteiger partial charge is 0.206 e. The van der Waals surface area contributed by atoms with Crippen LogP contribution in [0.15, 0.2) is 36.4 Å². The Hall–Kier alpha value is -2.81. The van der Waals surface area contributed by atoms with E-state index in [1.165, 1.54) is 21.3 Å². The summed E-state index contributed by atoms with van der Waals surface area (Å²) in [5, 5.41) is 0. The summed E-state index contributed by atoms with van der Waals surface area (Å²) in [5.41, 5.74) is 1.28. The second-order valence-electron chi connectivity index (χ2n) is 6.23. The summed E-state index contributed by atoms with van der Waals surface area (Å²) >= 11 is 0. The van der Waals surface area contributed by atoms with Crippen molar-refractivity contribution in [3.8, 4) is 23.0 Å². The molecule has 0 aromatic heterocycles. The molecule has 3 rings (SSSR count). The summed E-state index contributed by atoms with van der Waals surface area (Å²) in [6, 6.07) is 10.7. The van der Waals surface area contributed by atoms with Gasteiger partial charge in [-0.3, -0.25) is 4.79 Å². The Morgan fingerprint density at radius 2 is 1.48 bits per heavy atom. The van der Waals surface area contributed by atoms with Gasteiger partial charge in [-0.05, 0) is 24.3 Å². The molecule has 8 heteroatoms. The van der Waals surface area contributed by atoms with E-state index >= 15 is 0 Å². The number of para-hydroxylation sites is 1. The maximum atomic E-state index is 12.6. The van der Waals surface area contributed by atoms with Gasteiger partial charge in [0.1, 0.15) is 11.9 Å². The lowest BCUT2D eigenvalue weighted by Gasteiger charge is -2.27. The Bertz CT molecular complexity index is 806. The summed E-state index contributed by atoms with van der Waals surface area (Å²) in [7, 11) is 4.54. The van der Waals surface area contributed by atoms with E-state index in [1.54, 1.807) is 24.3 Å². The fraction of sp³-hybridized carbons (Fsp3) is 0.381. The van der Waals surface area contributed by atoms with Crippen molar-refractivity contribution in [3.05, 3.63) is 47.5 Å². The minimum absolute atomic E-state index is 0.00216. The standard InChI is InChI=1S/C21H24O8/c1-23-11-26-19-8-14(9-20(27-12-24-2)21(19)28-13-25-3)18-10-16(22)15-6-4-5-7-17(15)29-18/h4-9,18H,10-13H2,1-3H3. The number of methoxy groups -OCH3 is 3. The number of carbonyl (C=O) groups excluding carboxylic acids is 1. The molecule has 29 heavy (non-hydrogen) atoms. The number of ketones is 1. The number of Topliss-reactive ketones (excluding diaryl/α,β-unsaturated/α-hetero) is 1. The van der Waals surface area contributed by atoms with Crippen molar-refractivity contribution in [2.24, 2.45) is 0 Å². The number of rotatable bonds is 10. The zero-order valence-electron chi connectivity index (χ0n) is 16.6. The number of ether oxygens (including phenoxy) is 7. The van der Waals surface area contributed by atoms with E-state index in [1.807, 2.05) is 12.1 Å². The van der Waals surface area contributed by atoms with E-state index in [2.05, 4.69) is 0 Å². The molecule has 1 unspecified atom stereocenters. The van der Waals surface area contributed by atoms with E-state index in [-0.39, 0.29) is 32.6 Å². The normalized spacial score (nSPS) is 15.4. The van der Waals surface area contributed by atoms with Crippen LogP contribution in [0.5, 0.6) is 23.0 Å². The molecule has 1 aliphatic rings. The molecule has 0 bridgehead atoms. The van der Waals surface area contributed by atoms with Gasteiger partial charge in [0.25, 0.3) is 0 Å². The Kier molecular flexibility index (Phi) is 7.29. The van der Waals surface area contributed by atoms with Crippen LogP contribution >= 0.6 is 0 Å². The first-order valence-corrected chi connectivity index (χ1v) is 9.00. The van der Waals surface area contributed by atoms with Crippen LogP contribution in [0, 0.1) is 0 Å². The summed E-state index contributed by atoms with van der Waals surface area (Å²) in [5.74, 6) is 1.65. The molecule has 0 radical (unpaired) electrons. The molecule has 0 aliphatic carbocycles. The largest absolute Gasteiger partial charge is 0.484 e. The van der Waals surface area contributed by atoms with Crippen LogP contribution in [0.4, 0.5) is 0 Å². The van der Waals surface area contributed by atoms with E-state index in [4.69, 9.17) is 33.2 Å². The van der Waals surface area contributed by atoms with Crippen LogP contribution < -0.4 is 18.9 Å². The summed E-state index contributed by atoms with van der Waals surface area (Å²) in [6.07, 6.45) is -0.299. The van der Waals surface area contributed by atoms with E-state index < -0.39 is 6.10 Å². The van der Waals surface area contributed by atoms with Gasteiger partial charge in [-0.2, -0.15) is 0 Å². The molecule has 156 valence electrons. The predicted octanol–water partition coefficient (Wildman–Crippen LogP) is 3.34. The van der Waals surface area contributed by atoms with Crippen LogP contribution in [0.2, 0.25) is 0 Å². The third kappa shape index (κ3) is 4.97. The van der Waals surface area contributed by atoms with Gasteiger partial charge in [0.2, 0.25) is 5.75 Å². The quantitative estimate of drug-likeness (QED) is 0.558. The van der Waals surface area contributed by atoms with Crippen LogP contribution in [0.1, 0.15) is 28.4 Å². The highest BCUT2D eigenvalue weighted by molar-refractivity contribution is 6.00. The summed E-state index contributed by atoms with van der Waals surface area (Å²) < 4.78 is 38.1. The van der Waals surface area contributed by atoms with Crippen molar-refractivity contribution >= 4 is 5.78 Å². The second kappa shape index (κ2) is 10.1. The third-order valence-corrected chi connectivity index (χ3v) is 4.23. The van der Waals surface area contributed by atoms with Crippen molar-refractivity contribution in [2.75, 3.05) is 41.7 Å². The minimum atomic E-state index is -0.497. The first kappa shape index (κ1) is 20.9. The molecule has 0 saturated heterocycles. The number of benzene rings is 2. The van der Waals surface area contributed by atoms with Crippen molar-refractivity contribution in [1.29, 1.82) is 0 Å². The number of fused-ring (bicyclic) bond motifs is 1. The summed E-state index contributed by atoms with van der Waals surface area (Å²) in [4.78, 5) is 12.6. The Morgan fingerprint density at radius 1 is 0.897 bits per heavy atom. The lowest BCUT2D eigenvalue weighted by molar-refractivity contribution is 0.0214. The Morgan fingerprint density at radius 3 is 2.10 bits per heavy atom. The Balaban J connectivity index is 1.98. The van der Waals surface area contributed by atoms with Crippen LogP contribution in [0.3, 0.4) is 0 Å². The molecule has 0 fully saturated rings. The molecule has 0 N–H and O–H groups in total. The number of carbonyl (C=O) groups is 1. The van der Waals surface area contributed by atoms with E-state index in [0.29, 0.717) is 34.1 Å². The van der Waals surface area contributed by atoms with Gasteiger partial charge in [0, 0.05) is 26.9 Å². The van der Waals surface area contributed by atoms with Gasteiger partial charge < -0.3 is 33.2 Å². The van der Waals surface area contributed by atoms with Crippen LogP contribution in [0.25, 0.3) is 0 Å². The molecule has 1 heterocycles. The van der Waals surface area contributed by atoms with Crippen molar-refractivity contribution in [2.45, 2.75) is 12.5 Å².